The third-order valence-electron chi connectivity index (χ3n) is 3.38. The second-order valence-corrected chi connectivity index (χ2v) is 4.46. The molecule has 90 valence electrons. The molecule has 3 heteroatoms. The minimum Gasteiger partial charge on any atom is -0.331 e. The average molecular weight is 241 g/mol. The predicted octanol–water partition coefficient (Wildman–Crippen LogP) is 3.00. The van der Waals surface area contributed by atoms with E-state index in [1.54, 1.807) is 24.1 Å². The Balaban J connectivity index is 2.13. The maximum Gasteiger partial charge on any atom is 0.254 e. The van der Waals surface area contributed by atoms with E-state index in [2.05, 4.69) is 0 Å². The van der Waals surface area contributed by atoms with Gasteiger partial charge in [0.25, 0.3) is 5.91 Å². The van der Waals surface area contributed by atoms with Crippen molar-refractivity contribution < 1.29 is 9.18 Å². The summed E-state index contributed by atoms with van der Waals surface area (Å²) in [5.41, 5.74) is 2.64. The number of nitrogens with zero attached hydrogens (tertiary/aromatic N) is 1. The van der Waals surface area contributed by atoms with Crippen LogP contribution in [0.5, 0.6) is 0 Å². The first-order chi connectivity index (χ1) is 8.68. The molecule has 3 rings (SSSR count). The Morgan fingerprint density at radius 1 is 1.06 bits per heavy atom. The van der Waals surface area contributed by atoms with Gasteiger partial charge in [-0.05, 0) is 29.3 Å². The fraction of sp³-hybridized carbons (Fsp3) is 0.133. The van der Waals surface area contributed by atoms with E-state index < -0.39 is 0 Å². The Labute approximate surface area is 105 Å². The Morgan fingerprint density at radius 3 is 2.44 bits per heavy atom. The molecular weight excluding hydrogens is 229 g/mol. The van der Waals surface area contributed by atoms with Crippen molar-refractivity contribution in [3.63, 3.8) is 0 Å². The van der Waals surface area contributed by atoms with E-state index >= 15 is 0 Å². The molecule has 0 saturated carbocycles. The van der Waals surface area contributed by atoms with Crippen LogP contribution in [0.1, 0.15) is 27.5 Å². The minimum absolute atomic E-state index is 0.0138. The molecule has 1 atom stereocenters. The Kier molecular flexibility index (Phi) is 2.40. The Morgan fingerprint density at radius 2 is 1.72 bits per heavy atom. The van der Waals surface area contributed by atoms with Gasteiger partial charge in [-0.25, -0.2) is 4.39 Å². The summed E-state index contributed by atoms with van der Waals surface area (Å²) in [6, 6.07) is 13.7. The van der Waals surface area contributed by atoms with Crippen molar-refractivity contribution in [2.24, 2.45) is 0 Å². The molecule has 0 radical (unpaired) electrons. The Hall–Kier alpha value is -2.16. The van der Waals surface area contributed by atoms with Crippen molar-refractivity contribution in [1.29, 1.82) is 0 Å². The number of fused-ring (bicyclic) bond motifs is 1. The number of benzene rings is 2. The fourth-order valence-electron chi connectivity index (χ4n) is 2.49. The molecule has 2 nitrogen and oxygen atoms in total. The maximum atomic E-state index is 13.0. The first-order valence-electron chi connectivity index (χ1n) is 5.80. The van der Waals surface area contributed by atoms with E-state index in [1.807, 2.05) is 24.3 Å². The summed E-state index contributed by atoms with van der Waals surface area (Å²) in [4.78, 5) is 13.8. The molecule has 0 aliphatic carbocycles. The monoisotopic (exact) mass is 241 g/mol. The third kappa shape index (κ3) is 1.51. The summed E-state index contributed by atoms with van der Waals surface area (Å²) in [7, 11) is 1.77. The molecule has 1 amide bonds. The van der Waals surface area contributed by atoms with E-state index in [0.717, 1.165) is 16.7 Å². The molecule has 0 N–H and O–H groups in total. The molecule has 2 aromatic carbocycles. The van der Waals surface area contributed by atoms with Crippen molar-refractivity contribution >= 4 is 5.91 Å². The number of amides is 1. The highest BCUT2D eigenvalue weighted by Crippen LogP contribution is 2.36. The maximum absolute atomic E-state index is 13.0. The van der Waals surface area contributed by atoms with Crippen LogP contribution in [0.3, 0.4) is 0 Å². The highest BCUT2D eigenvalue weighted by molar-refractivity contribution is 5.99. The van der Waals surface area contributed by atoms with Crippen molar-refractivity contribution in [2.75, 3.05) is 7.05 Å². The number of rotatable bonds is 1. The molecule has 0 spiro atoms. The van der Waals surface area contributed by atoms with Crippen molar-refractivity contribution in [1.82, 2.24) is 4.90 Å². The standard InChI is InChI=1S/C15H12FNO/c1-17-14(10-6-8-11(16)9-7-10)12-4-2-3-5-13(12)15(17)18/h2-9,14H,1H3. The third-order valence-corrected chi connectivity index (χ3v) is 3.38. The van der Waals surface area contributed by atoms with Crippen molar-refractivity contribution in [3.8, 4) is 0 Å². The smallest absolute Gasteiger partial charge is 0.254 e. The summed E-state index contributed by atoms with van der Waals surface area (Å²) >= 11 is 0. The van der Waals surface area contributed by atoms with E-state index in [4.69, 9.17) is 0 Å². The molecule has 0 fully saturated rings. The lowest BCUT2D eigenvalue weighted by Crippen LogP contribution is -2.23. The quantitative estimate of drug-likeness (QED) is 0.751. The fourth-order valence-corrected chi connectivity index (χ4v) is 2.49. The zero-order valence-electron chi connectivity index (χ0n) is 9.93. The normalized spacial score (nSPS) is 18.0. The van der Waals surface area contributed by atoms with Gasteiger partial charge in [0.1, 0.15) is 5.82 Å². The lowest BCUT2D eigenvalue weighted by Gasteiger charge is -2.21. The first-order valence-corrected chi connectivity index (χ1v) is 5.80. The molecule has 1 aliphatic heterocycles. The number of hydrogen-bond donors (Lipinski definition) is 0. The number of carbonyl (C=O) groups is 1. The molecule has 1 heterocycles. The summed E-state index contributed by atoms with van der Waals surface area (Å²) in [5.74, 6) is -0.251. The van der Waals surface area contributed by atoms with Crippen molar-refractivity contribution in [2.45, 2.75) is 6.04 Å². The van der Waals surface area contributed by atoms with Crippen LogP contribution in [0.15, 0.2) is 48.5 Å². The van der Waals surface area contributed by atoms with Crippen LogP contribution in [0, 0.1) is 5.82 Å². The van der Waals surface area contributed by atoms with Crippen LogP contribution in [0.4, 0.5) is 4.39 Å². The zero-order chi connectivity index (χ0) is 12.7. The number of halogens is 1. The van der Waals surface area contributed by atoms with E-state index in [9.17, 15) is 9.18 Å². The second kappa shape index (κ2) is 3.95. The lowest BCUT2D eigenvalue weighted by atomic mass is 9.98. The summed E-state index contributed by atoms with van der Waals surface area (Å²) < 4.78 is 13.0. The summed E-state index contributed by atoms with van der Waals surface area (Å²) in [6.45, 7) is 0. The molecule has 0 saturated heterocycles. The van der Waals surface area contributed by atoms with E-state index in [-0.39, 0.29) is 17.8 Å². The molecule has 0 bridgehead atoms. The highest BCUT2D eigenvalue weighted by Gasteiger charge is 2.34. The van der Waals surface area contributed by atoms with E-state index in [0.29, 0.717) is 0 Å². The van der Waals surface area contributed by atoms with Gasteiger partial charge in [-0.15, -0.1) is 0 Å². The van der Waals surface area contributed by atoms with Gasteiger partial charge in [0, 0.05) is 12.6 Å². The van der Waals surface area contributed by atoms with Crippen LogP contribution >= 0.6 is 0 Å². The van der Waals surface area contributed by atoms with Gasteiger partial charge >= 0.3 is 0 Å². The van der Waals surface area contributed by atoms with Crippen molar-refractivity contribution in [3.05, 3.63) is 71.0 Å². The minimum atomic E-state index is -0.265. The van der Waals surface area contributed by atoms with Gasteiger partial charge < -0.3 is 4.90 Å². The van der Waals surface area contributed by atoms with Gasteiger partial charge in [-0.3, -0.25) is 4.79 Å². The lowest BCUT2D eigenvalue weighted by molar-refractivity contribution is 0.0793. The predicted molar refractivity (Wildman–Crippen MR) is 66.8 cm³/mol. The summed E-state index contributed by atoms with van der Waals surface area (Å²) in [5, 5.41) is 0. The molecule has 1 aliphatic rings. The molecular formula is C15H12FNO. The van der Waals surface area contributed by atoms with Crippen LogP contribution in [-0.2, 0) is 0 Å². The number of hydrogen-bond acceptors (Lipinski definition) is 1. The van der Waals surface area contributed by atoms with E-state index in [1.165, 1.54) is 12.1 Å². The topological polar surface area (TPSA) is 20.3 Å². The molecule has 18 heavy (non-hydrogen) atoms. The van der Waals surface area contributed by atoms with Gasteiger partial charge in [-0.1, -0.05) is 30.3 Å². The average Bonchev–Trinajstić information content (AvgIpc) is 2.64. The molecule has 1 unspecified atom stereocenters. The number of carbonyl (C=O) groups excluding carboxylic acids is 1. The van der Waals surface area contributed by atoms with Crippen LogP contribution in [0.2, 0.25) is 0 Å². The van der Waals surface area contributed by atoms with Crippen LogP contribution in [-0.4, -0.2) is 17.9 Å². The molecule has 0 aromatic heterocycles. The van der Waals surface area contributed by atoms with Gasteiger partial charge in [-0.2, -0.15) is 0 Å². The SMILES string of the molecule is CN1C(=O)c2ccccc2C1c1ccc(F)cc1. The van der Waals surface area contributed by atoms with Gasteiger partial charge in [0.2, 0.25) is 0 Å². The first kappa shape index (κ1) is 11.0. The zero-order valence-corrected chi connectivity index (χ0v) is 9.93. The van der Waals surface area contributed by atoms with Crippen LogP contribution in [0.25, 0.3) is 0 Å². The second-order valence-electron chi connectivity index (χ2n) is 4.46. The Bertz CT molecular complexity index is 606. The van der Waals surface area contributed by atoms with Gasteiger partial charge in [0.05, 0.1) is 6.04 Å². The van der Waals surface area contributed by atoms with Crippen LogP contribution < -0.4 is 0 Å². The van der Waals surface area contributed by atoms with Gasteiger partial charge in [0.15, 0.2) is 0 Å². The molecule has 2 aromatic rings. The highest BCUT2D eigenvalue weighted by atomic mass is 19.1. The summed E-state index contributed by atoms with van der Waals surface area (Å²) in [6.07, 6.45) is 0. The largest absolute Gasteiger partial charge is 0.331 e.